The zero-order chi connectivity index (χ0) is 12.0. The van der Waals surface area contributed by atoms with Crippen molar-refractivity contribution in [1.82, 2.24) is 9.80 Å². The van der Waals surface area contributed by atoms with Gasteiger partial charge in [0, 0.05) is 26.2 Å². The molecule has 1 fully saturated rings. The van der Waals surface area contributed by atoms with Gasteiger partial charge in [-0.25, -0.2) is 0 Å². The van der Waals surface area contributed by atoms with Gasteiger partial charge >= 0.3 is 0 Å². The van der Waals surface area contributed by atoms with E-state index in [1.165, 1.54) is 39.0 Å². The molecule has 0 atom stereocenters. The van der Waals surface area contributed by atoms with Crippen LogP contribution in [-0.4, -0.2) is 56.1 Å². The molecule has 1 saturated heterocycles. The van der Waals surface area contributed by atoms with Crippen LogP contribution in [0.4, 0.5) is 0 Å². The van der Waals surface area contributed by atoms with Crippen LogP contribution in [0.5, 0.6) is 0 Å². The van der Waals surface area contributed by atoms with E-state index in [-0.39, 0.29) is 0 Å². The summed E-state index contributed by atoms with van der Waals surface area (Å²) in [4.78, 5) is 4.99. The highest BCUT2D eigenvalue weighted by Gasteiger charge is 2.19. The fourth-order valence-corrected chi connectivity index (χ4v) is 2.71. The number of likely N-dealkylation sites (tertiary alicyclic amines) is 1. The molecule has 0 aromatic heterocycles. The van der Waals surface area contributed by atoms with Gasteiger partial charge in [-0.1, -0.05) is 13.8 Å². The number of hydrogen-bond donors (Lipinski definition) is 1. The maximum absolute atomic E-state index is 5.58. The molecule has 0 saturated carbocycles. The van der Waals surface area contributed by atoms with E-state index in [9.17, 15) is 0 Å². The molecule has 1 aliphatic rings. The molecule has 1 aliphatic heterocycles. The Morgan fingerprint density at radius 3 is 2.44 bits per heavy atom. The van der Waals surface area contributed by atoms with Crippen molar-refractivity contribution < 1.29 is 0 Å². The summed E-state index contributed by atoms with van der Waals surface area (Å²) in [6.45, 7) is 11.5. The molecule has 3 nitrogen and oxygen atoms in total. The lowest BCUT2D eigenvalue weighted by Crippen LogP contribution is -2.40. The van der Waals surface area contributed by atoms with E-state index in [1.54, 1.807) is 0 Å². The van der Waals surface area contributed by atoms with Crippen LogP contribution in [0.2, 0.25) is 0 Å². The molecule has 16 heavy (non-hydrogen) atoms. The average molecular weight is 227 g/mol. The fourth-order valence-electron chi connectivity index (χ4n) is 2.71. The highest BCUT2D eigenvalue weighted by atomic mass is 15.1. The van der Waals surface area contributed by atoms with Crippen molar-refractivity contribution in [2.24, 2.45) is 17.6 Å². The van der Waals surface area contributed by atoms with Crippen molar-refractivity contribution in [2.45, 2.75) is 26.7 Å². The third-order valence-corrected chi connectivity index (χ3v) is 3.40. The molecule has 3 heteroatoms. The smallest absolute Gasteiger partial charge is 0.0105 e. The summed E-state index contributed by atoms with van der Waals surface area (Å²) < 4.78 is 0. The summed E-state index contributed by atoms with van der Waals surface area (Å²) in [5.74, 6) is 1.68. The van der Waals surface area contributed by atoms with Gasteiger partial charge in [0.2, 0.25) is 0 Å². The van der Waals surface area contributed by atoms with Crippen molar-refractivity contribution in [3.05, 3.63) is 0 Å². The maximum atomic E-state index is 5.58. The van der Waals surface area contributed by atoms with E-state index in [1.807, 2.05) is 0 Å². The molecule has 0 unspecified atom stereocenters. The number of nitrogens with two attached hydrogens (primary N) is 1. The second-order valence-electron chi connectivity index (χ2n) is 5.69. The fraction of sp³-hybridized carbons (Fsp3) is 1.00. The second kappa shape index (κ2) is 7.25. The van der Waals surface area contributed by atoms with E-state index in [4.69, 9.17) is 5.73 Å². The van der Waals surface area contributed by atoms with Crippen LogP contribution in [0.3, 0.4) is 0 Å². The van der Waals surface area contributed by atoms with E-state index in [2.05, 4.69) is 30.7 Å². The third kappa shape index (κ3) is 5.28. The molecule has 0 aromatic rings. The van der Waals surface area contributed by atoms with Gasteiger partial charge < -0.3 is 15.5 Å². The van der Waals surface area contributed by atoms with Crippen molar-refractivity contribution in [3.63, 3.8) is 0 Å². The van der Waals surface area contributed by atoms with Crippen molar-refractivity contribution in [2.75, 3.05) is 46.3 Å². The molecular weight excluding hydrogens is 198 g/mol. The summed E-state index contributed by atoms with van der Waals surface area (Å²) in [6.07, 6.45) is 2.70. The van der Waals surface area contributed by atoms with Gasteiger partial charge in [0.05, 0.1) is 0 Å². The van der Waals surface area contributed by atoms with Gasteiger partial charge in [-0.05, 0) is 44.8 Å². The maximum Gasteiger partial charge on any atom is 0.0105 e. The number of hydrogen-bond acceptors (Lipinski definition) is 3. The largest absolute Gasteiger partial charge is 0.329 e. The Balaban J connectivity index is 2.16. The van der Waals surface area contributed by atoms with Gasteiger partial charge in [-0.15, -0.1) is 0 Å². The van der Waals surface area contributed by atoms with Crippen molar-refractivity contribution in [1.29, 1.82) is 0 Å². The molecule has 0 aromatic carbocycles. The summed E-state index contributed by atoms with van der Waals surface area (Å²) >= 11 is 0. The first kappa shape index (κ1) is 13.9. The quantitative estimate of drug-likeness (QED) is 0.741. The van der Waals surface area contributed by atoms with Crippen LogP contribution >= 0.6 is 0 Å². The molecule has 2 N–H and O–H groups in total. The Morgan fingerprint density at radius 1 is 1.31 bits per heavy atom. The highest BCUT2D eigenvalue weighted by Crippen LogP contribution is 2.17. The van der Waals surface area contributed by atoms with E-state index in [0.717, 1.165) is 24.9 Å². The van der Waals surface area contributed by atoms with Crippen LogP contribution in [0.1, 0.15) is 26.7 Å². The van der Waals surface area contributed by atoms with E-state index < -0.39 is 0 Å². The minimum Gasteiger partial charge on any atom is -0.329 e. The number of rotatable bonds is 6. The van der Waals surface area contributed by atoms with Crippen LogP contribution in [0.15, 0.2) is 0 Å². The first-order valence-electron chi connectivity index (χ1n) is 6.72. The lowest BCUT2D eigenvalue weighted by Gasteiger charge is -2.34. The third-order valence-electron chi connectivity index (χ3n) is 3.40. The molecule has 0 spiro atoms. The second-order valence-corrected chi connectivity index (χ2v) is 5.69. The number of nitrogens with zero attached hydrogens (tertiary/aromatic N) is 2. The van der Waals surface area contributed by atoms with Crippen LogP contribution in [0.25, 0.3) is 0 Å². The molecule has 0 aliphatic carbocycles. The average Bonchev–Trinajstić information content (AvgIpc) is 2.20. The Bertz CT molecular complexity index is 174. The lowest BCUT2D eigenvalue weighted by molar-refractivity contribution is 0.152. The monoisotopic (exact) mass is 227 g/mol. The van der Waals surface area contributed by atoms with Crippen LogP contribution in [0, 0.1) is 11.8 Å². The Hall–Kier alpha value is -0.120. The molecular formula is C13H29N3. The lowest BCUT2D eigenvalue weighted by atomic mass is 9.96. The molecule has 96 valence electrons. The molecule has 1 rings (SSSR count). The Labute approximate surface area is 101 Å². The zero-order valence-electron chi connectivity index (χ0n) is 11.3. The van der Waals surface area contributed by atoms with E-state index in [0.29, 0.717) is 0 Å². The summed E-state index contributed by atoms with van der Waals surface area (Å²) in [5, 5.41) is 0. The number of piperidine rings is 1. The minimum atomic E-state index is 0.780. The molecule has 1 heterocycles. The topological polar surface area (TPSA) is 32.5 Å². The van der Waals surface area contributed by atoms with Gasteiger partial charge in [0.25, 0.3) is 0 Å². The summed E-state index contributed by atoms with van der Waals surface area (Å²) in [6, 6.07) is 0. The molecule has 0 radical (unpaired) electrons. The van der Waals surface area contributed by atoms with Gasteiger partial charge in [0.1, 0.15) is 0 Å². The predicted molar refractivity (Wildman–Crippen MR) is 70.6 cm³/mol. The summed E-state index contributed by atoms with van der Waals surface area (Å²) in [7, 11) is 2.26. The van der Waals surface area contributed by atoms with Crippen molar-refractivity contribution >= 4 is 0 Å². The van der Waals surface area contributed by atoms with E-state index >= 15 is 0 Å². The molecule has 0 bridgehead atoms. The van der Waals surface area contributed by atoms with Crippen molar-refractivity contribution in [3.8, 4) is 0 Å². The van der Waals surface area contributed by atoms with Gasteiger partial charge in [-0.3, -0.25) is 0 Å². The standard InChI is InChI=1S/C13H29N3/c1-12(2)10-15(3)11-13-4-7-16(8-5-13)9-6-14/h12-13H,4-11,14H2,1-3H3. The normalized spacial score (nSPS) is 19.9. The first-order chi connectivity index (χ1) is 7.61. The molecule has 0 amide bonds. The van der Waals surface area contributed by atoms with Crippen LogP contribution in [-0.2, 0) is 0 Å². The predicted octanol–water partition coefficient (Wildman–Crippen LogP) is 1.24. The van der Waals surface area contributed by atoms with Gasteiger partial charge in [-0.2, -0.15) is 0 Å². The van der Waals surface area contributed by atoms with Gasteiger partial charge in [0.15, 0.2) is 0 Å². The first-order valence-corrected chi connectivity index (χ1v) is 6.72. The Kier molecular flexibility index (Phi) is 6.32. The highest BCUT2D eigenvalue weighted by molar-refractivity contribution is 4.74. The van der Waals surface area contributed by atoms with Crippen LogP contribution < -0.4 is 5.73 Å². The summed E-state index contributed by atoms with van der Waals surface area (Å²) in [5.41, 5.74) is 5.58. The Morgan fingerprint density at radius 2 is 1.94 bits per heavy atom. The minimum absolute atomic E-state index is 0.780. The zero-order valence-corrected chi connectivity index (χ0v) is 11.3. The SMILES string of the molecule is CC(C)CN(C)CC1CCN(CCN)CC1.